The molecule has 4 saturated heterocycles. The Balaban J connectivity index is 0.0000490. The molecular formula is C81H140Gd4N24O32. The molecule has 4 heterocycles. The minimum Gasteiger partial charge on any atom is -0.480 e. The van der Waals surface area contributed by atoms with Crippen molar-refractivity contribution in [2.45, 2.75) is 51.9 Å². The normalized spacial score (nSPS) is 18.7. The second kappa shape index (κ2) is 73.2. The molecule has 0 unspecified atom stereocenters. The monoisotopic (exact) mass is 2590 g/mol. The zero-order valence-corrected chi connectivity index (χ0v) is 88.8. The van der Waals surface area contributed by atoms with E-state index in [-0.39, 0.29) is 369 Å². The van der Waals surface area contributed by atoms with Crippen molar-refractivity contribution >= 4 is 119 Å². The molecule has 60 heteroatoms. The van der Waals surface area contributed by atoms with Gasteiger partial charge in [0.1, 0.15) is 0 Å². The molecule has 808 valence electrons. The van der Waals surface area contributed by atoms with E-state index in [0.717, 1.165) is 0 Å². The number of carbonyl (C=O) groups is 20. The molecule has 0 bridgehead atoms. The number of hydrogen-bond acceptors (Lipinski definition) is 36. The van der Waals surface area contributed by atoms with Crippen molar-refractivity contribution in [3.63, 3.8) is 0 Å². The molecule has 0 spiro atoms. The first kappa shape index (κ1) is 135. The van der Waals surface area contributed by atoms with E-state index in [0.29, 0.717) is 0 Å². The Labute approximate surface area is 944 Å². The predicted octanol–water partition coefficient (Wildman–Crippen LogP) is -13.6. The van der Waals surface area contributed by atoms with Crippen LogP contribution in [0.3, 0.4) is 0 Å². The second-order valence-electron chi connectivity index (χ2n) is 34.4. The maximum absolute atomic E-state index is 14.5. The van der Waals surface area contributed by atoms with Gasteiger partial charge >= 0.3 is 71.6 Å². The first-order valence-corrected chi connectivity index (χ1v) is 45.1. The van der Waals surface area contributed by atoms with Crippen LogP contribution in [0.1, 0.15) is 27.7 Å². The van der Waals surface area contributed by atoms with Crippen LogP contribution < -0.4 is 42.5 Å². The van der Waals surface area contributed by atoms with Crippen LogP contribution in [-0.4, -0.2) is 623 Å². The molecule has 20 N–H and O–H groups in total. The third-order valence-corrected chi connectivity index (χ3v) is 23.8. The topological polar surface area (TPSA) is 732 Å². The van der Waals surface area contributed by atoms with E-state index in [1.54, 1.807) is 19.6 Å². The molecule has 8 amide bonds. The Morgan fingerprint density at radius 3 is 0.383 bits per heavy atom. The molecule has 4 atom stereocenters. The van der Waals surface area contributed by atoms with Crippen LogP contribution in [0.25, 0.3) is 0 Å². The third kappa shape index (κ3) is 59.6. The van der Waals surface area contributed by atoms with Gasteiger partial charge in [0.05, 0.1) is 129 Å². The van der Waals surface area contributed by atoms with E-state index in [2.05, 4.69) is 42.5 Å². The van der Waals surface area contributed by atoms with Crippen molar-refractivity contribution in [3.8, 4) is 0 Å². The van der Waals surface area contributed by atoms with Crippen molar-refractivity contribution < 1.29 is 317 Å². The van der Waals surface area contributed by atoms with Crippen LogP contribution in [0.4, 0.5) is 0 Å². The fraction of sp³-hybridized carbons (Fsp3) is 0.753. The summed E-state index contributed by atoms with van der Waals surface area (Å²) >= 11 is 0. The number of carboxylic acids is 12. The Morgan fingerprint density at radius 2 is 0.284 bits per heavy atom. The number of amides is 8. The van der Waals surface area contributed by atoms with E-state index in [1.165, 1.54) is 86.5 Å². The average molecular weight is 2590 g/mol. The minimum absolute atomic E-state index is 0. The van der Waals surface area contributed by atoms with Crippen molar-refractivity contribution in [1.29, 1.82) is 0 Å². The van der Waals surface area contributed by atoms with E-state index in [4.69, 9.17) is 0 Å². The zero-order chi connectivity index (χ0) is 102. The molecule has 4 rings (SSSR count). The second-order valence-corrected chi connectivity index (χ2v) is 34.4. The molecule has 141 heavy (non-hydrogen) atoms. The summed E-state index contributed by atoms with van der Waals surface area (Å²) in [5.74, 6) is -21.4. The predicted molar refractivity (Wildman–Crippen MR) is 480 cm³/mol. The van der Waals surface area contributed by atoms with Crippen LogP contribution in [0, 0.1) is 165 Å². The molecule has 0 radical (unpaired) electrons. The van der Waals surface area contributed by atoms with Crippen LogP contribution in [0.2, 0.25) is 0 Å². The molecule has 0 aromatic rings. The number of hydrogen-bond donors (Lipinski definition) is 20. The summed E-state index contributed by atoms with van der Waals surface area (Å²) in [7, 11) is 0. The average Bonchev–Trinajstić information content (AvgIpc) is 0.844. The van der Waals surface area contributed by atoms with Gasteiger partial charge in [-0.05, 0) is 27.7 Å². The summed E-state index contributed by atoms with van der Waals surface area (Å²) in [6, 6.07) is -4.54. The third-order valence-electron chi connectivity index (χ3n) is 23.8. The van der Waals surface area contributed by atoms with Crippen molar-refractivity contribution in [2.75, 3.05) is 340 Å². The van der Waals surface area contributed by atoms with Gasteiger partial charge in [0, 0.05) is 401 Å². The van der Waals surface area contributed by atoms with E-state index >= 15 is 0 Å². The number of carbonyl (C=O) groups excluding carboxylic acids is 8. The Bertz CT molecular complexity index is 3420. The zero-order valence-electron chi connectivity index (χ0n) is 79.7. The van der Waals surface area contributed by atoms with Crippen LogP contribution in [-0.2, 0) is 95.9 Å². The molecule has 0 saturated carbocycles. The molecule has 56 nitrogen and oxygen atoms in total. The number of nitrogens with zero attached hydrogens (tertiary/aromatic N) is 16. The van der Waals surface area contributed by atoms with Gasteiger partial charge in [0.2, 0.25) is 47.3 Å². The SMILES string of the molecule is C[C@H](C(=O)NCC(=O)NCC(CNC(=O)CNC(=O)[C@H](C)N1CCN(CC(=O)O)CCN(CC(=O)O)CCN(CC(=O)O)CC1)(CNC(=O)CNC(=O)[C@H](C)N1CCN(CC(=O)O)CCN(CC(=O)O)CCN(CC(=O)O)CC1)CNC(=O)CNC(=O)[C@H](C)N1CCN(CC(=O)O)CCN(CC(=O)O)CCN(CC(=O)O)CC1)N1CCN(CC(=O)O)CCN(CC(=O)O)CCN(CC(=O)O)CC1.[Gd].[Gd].[Gd].[Gd]. The van der Waals surface area contributed by atoms with Gasteiger partial charge in [-0.15, -0.1) is 0 Å². The van der Waals surface area contributed by atoms with E-state index in [1.807, 2.05) is 0 Å². The van der Waals surface area contributed by atoms with E-state index < -0.39 is 279 Å². The number of rotatable bonds is 48. The summed E-state index contributed by atoms with van der Waals surface area (Å²) < 4.78 is 0. The molecular weight excluding hydrogens is 2450 g/mol. The Hall–Kier alpha value is -5.94. The van der Waals surface area contributed by atoms with Gasteiger partial charge in [-0.25, -0.2) is 0 Å². The fourth-order valence-electron chi connectivity index (χ4n) is 15.6. The first-order chi connectivity index (χ1) is 64.6. The number of aliphatic carboxylic acids is 12. The summed E-state index contributed by atoms with van der Waals surface area (Å²) in [6.45, 7) is -5.00. The maximum atomic E-state index is 14.5. The van der Waals surface area contributed by atoms with Crippen molar-refractivity contribution in [2.24, 2.45) is 5.41 Å². The molecule has 4 fully saturated rings. The first-order valence-electron chi connectivity index (χ1n) is 45.1. The van der Waals surface area contributed by atoms with E-state index in [9.17, 15) is 157 Å². The number of carboxylic acid groups (broad SMARTS) is 12. The van der Waals surface area contributed by atoms with Crippen molar-refractivity contribution in [1.82, 2.24) is 121 Å². The van der Waals surface area contributed by atoms with Gasteiger partial charge in [-0.2, -0.15) is 0 Å². The van der Waals surface area contributed by atoms with Crippen molar-refractivity contribution in [3.05, 3.63) is 0 Å². The molecule has 4 aliphatic rings. The molecule has 0 aromatic carbocycles. The summed E-state index contributed by atoms with van der Waals surface area (Å²) in [5.41, 5.74) is -1.89. The largest absolute Gasteiger partial charge is 0.480 e. The molecule has 4 aliphatic heterocycles. The quantitative estimate of drug-likeness (QED) is 0.0269. The standard InChI is InChI=1S/C81H140N24O32.4Gd/c1-57(102-29-21-94(45-69(118)119)13-5-90(41-65(110)111)6-14-95(22-30-102)46-70(120)121)77(134)82-37-61(106)86-53-81(54-87-62(107)38-83-78(135)58(2)103-31-23-96(47-71(122)123)15-7-91(42-66(112)113)8-16-97(24-32-103)48-72(124)125,55-88-63(108)39-84-79(136)59(3)104-33-25-98(49-73(126)127)17-9-92(43-67(114)115)10-18-99(26-34-104)50-74(128)129)56-89-64(109)40-85-80(137)60(4)105-35-27-100(51-75(130)131)19-11-93(44-68(116)117)12-20-101(28-36-105)52-76(132)133;;;;/h57-60H,5-56H2,1-4H3,(H,82,134)(H,83,135)(H,84,136)(H,85,137)(H,86,106)(H,87,107)(H,88,108)(H,89,109)(H,110,111)(H,112,113)(H,114,115)(H,116,117)(H,118,119)(H,120,121)(H,122,123)(H,124,125)(H,126,127)(H,128,129)(H,130,131)(H,132,133);;;;/t57-,58-,59-,60+;;;;/m0..../s1. The summed E-state index contributed by atoms with van der Waals surface area (Å²) in [5, 5.41) is 138. The van der Waals surface area contributed by atoms with Gasteiger partial charge < -0.3 is 104 Å². The Morgan fingerprint density at radius 1 is 0.184 bits per heavy atom. The minimum atomic E-state index is -1.89. The van der Waals surface area contributed by atoms with Gasteiger partial charge in [-0.3, -0.25) is 174 Å². The van der Waals surface area contributed by atoms with Crippen LogP contribution in [0.15, 0.2) is 0 Å². The van der Waals surface area contributed by atoms with Gasteiger partial charge in [0.25, 0.3) is 0 Å². The smallest absolute Gasteiger partial charge is 0.317 e. The molecule has 0 aromatic heterocycles. The fourth-order valence-corrected chi connectivity index (χ4v) is 15.6. The molecule has 0 aliphatic carbocycles. The Kier molecular flexibility index (Phi) is 70.1. The maximum Gasteiger partial charge on any atom is 0.317 e. The summed E-state index contributed by atoms with van der Waals surface area (Å²) in [4.78, 5) is 284. The van der Waals surface area contributed by atoms with Crippen LogP contribution in [0.5, 0.6) is 0 Å². The van der Waals surface area contributed by atoms with Crippen LogP contribution >= 0.6 is 0 Å². The summed E-state index contributed by atoms with van der Waals surface area (Å²) in [6.07, 6.45) is 0. The number of nitrogens with one attached hydrogen (secondary N) is 8. The van der Waals surface area contributed by atoms with Gasteiger partial charge in [-0.1, -0.05) is 0 Å². The van der Waals surface area contributed by atoms with Gasteiger partial charge in [0.15, 0.2) is 0 Å².